The molecule has 1 fully saturated rings. The number of benzene rings is 1. The summed E-state index contributed by atoms with van der Waals surface area (Å²) < 4.78 is 80.9. The topological polar surface area (TPSA) is 114 Å². The van der Waals surface area contributed by atoms with E-state index < -0.39 is 39.5 Å². The number of fused-ring (bicyclic) bond motifs is 1. The van der Waals surface area contributed by atoms with Crippen LogP contribution in [0.5, 0.6) is 11.5 Å². The molecule has 1 aromatic carbocycles. The minimum Gasteiger partial charge on any atom is -0.492 e. The Morgan fingerprint density at radius 3 is 2.23 bits per heavy atom. The van der Waals surface area contributed by atoms with Crippen LogP contribution in [0, 0.1) is 33.2 Å². The third kappa shape index (κ3) is 6.02. The maximum atomic E-state index is 15.0. The van der Waals surface area contributed by atoms with Crippen LogP contribution in [-0.2, 0) is 4.29 Å². The summed E-state index contributed by atoms with van der Waals surface area (Å²) in [5.41, 5.74) is -2.07. The van der Waals surface area contributed by atoms with Gasteiger partial charge in [-0.1, -0.05) is 20.8 Å². The van der Waals surface area contributed by atoms with Crippen molar-refractivity contribution in [2.45, 2.75) is 46.1 Å². The van der Waals surface area contributed by atoms with Crippen LogP contribution in [0.4, 0.5) is 8.78 Å². The van der Waals surface area contributed by atoms with E-state index in [1.165, 1.54) is 11.4 Å². The van der Waals surface area contributed by atoms with E-state index in [0.717, 1.165) is 25.0 Å². The molecule has 4 rings (SSSR count). The van der Waals surface area contributed by atoms with Gasteiger partial charge < -0.3 is 9.47 Å². The van der Waals surface area contributed by atoms with Crippen LogP contribution in [-0.4, -0.2) is 28.4 Å². The van der Waals surface area contributed by atoms with Crippen molar-refractivity contribution in [1.29, 1.82) is 0 Å². The van der Waals surface area contributed by atoms with Crippen LogP contribution < -0.4 is 23.5 Å². The Hall–Kier alpha value is -2.50. The fourth-order valence-corrected chi connectivity index (χ4v) is 4.03. The summed E-state index contributed by atoms with van der Waals surface area (Å²) in [6.07, 6.45) is 3.98. The summed E-state index contributed by atoms with van der Waals surface area (Å²) in [6, 6.07) is 7.03. The molecule has 2 aromatic heterocycles. The number of hydrogen-bond acceptors (Lipinski definition) is 7. The smallest absolute Gasteiger partial charge is 0.259 e. The van der Waals surface area contributed by atoms with Crippen molar-refractivity contribution in [2.75, 3.05) is 13.2 Å². The molecule has 0 N–H and O–H groups in total. The lowest BCUT2D eigenvalue weighted by molar-refractivity contribution is -1.92. The van der Waals surface area contributed by atoms with Crippen molar-refractivity contribution in [3.8, 4) is 22.8 Å². The Kier molecular flexibility index (Phi) is 6.71. The summed E-state index contributed by atoms with van der Waals surface area (Å²) in [5, 5.41) is 4.29. The summed E-state index contributed by atoms with van der Waals surface area (Å²) in [5.74, 6) is -0.822. The number of nitrogens with zero attached hydrogens (tertiary/aromatic N) is 2. The number of ether oxygens (including phenoxy) is 2. The van der Waals surface area contributed by atoms with Gasteiger partial charge in [0.2, 0.25) is 0 Å². The van der Waals surface area contributed by atoms with E-state index in [1.807, 2.05) is 0 Å². The summed E-state index contributed by atoms with van der Waals surface area (Å²) in [4.78, 5) is 0. The Morgan fingerprint density at radius 2 is 1.66 bits per heavy atom. The highest BCUT2D eigenvalue weighted by atomic mass is 35.7. The predicted molar refractivity (Wildman–Crippen MR) is 113 cm³/mol. The van der Waals surface area contributed by atoms with Gasteiger partial charge >= 0.3 is 0 Å². The van der Waals surface area contributed by atoms with Crippen molar-refractivity contribution in [2.24, 2.45) is 11.3 Å². The van der Waals surface area contributed by atoms with Crippen molar-refractivity contribution in [3.63, 3.8) is 0 Å². The molecule has 1 saturated carbocycles. The second-order valence-electron chi connectivity index (χ2n) is 10.0. The normalized spacial score (nSPS) is 16.4. The molecule has 3 aromatic rings. The van der Waals surface area contributed by atoms with Gasteiger partial charge in [0.15, 0.2) is 0 Å². The second-order valence-corrected chi connectivity index (χ2v) is 10.9. The molecule has 1 atom stereocenters. The zero-order valence-corrected chi connectivity index (χ0v) is 20.6. The Balaban J connectivity index is 1.54. The van der Waals surface area contributed by atoms with Crippen molar-refractivity contribution in [1.82, 2.24) is 9.61 Å². The fourth-order valence-electron chi connectivity index (χ4n) is 3.34. The fraction of sp³-hybridized carbons (Fsp3) is 0.458. The molecule has 0 saturated heterocycles. The van der Waals surface area contributed by atoms with E-state index in [-0.39, 0.29) is 17.0 Å². The van der Waals surface area contributed by atoms with E-state index in [4.69, 9.17) is 13.8 Å². The van der Waals surface area contributed by atoms with Gasteiger partial charge in [-0.3, -0.25) is 0 Å². The SMILES string of the molecule is CC(C)(C)[C@@](C)(COc1cc(F)c(-c2cc3ccc(OCC4CC4)cn3n2)c(F)c1)O[Cl+3]([O-])([O-])[O-]. The first-order valence-electron chi connectivity index (χ1n) is 11.1. The van der Waals surface area contributed by atoms with Gasteiger partial charge in [0.25, 0.3) is 5.60 Å². The van der Waals surface area contributed by atoms with Crippen LogP contribution in [0.15, 0.2) is 36.5 Å². The Bertz CT molecular complexity index is 1200. The van der Waals surface area contributed by atoms with Gasteiger partial charge in [0.05, 0.1) is 44.1 Å². The number of aromatic nitrogens is 2. The summed E-state index contributed by atoms with van der Waals surface area (Å²) in [7, 11) is -4.75. The molecule has 0 bridgehead atoms. The molecular formula is C24H27ClF2N2O6. The number of halogens is 3. The van der Waals surface area contributed by atoms with E-state index in [9.17, 15) is 22.8 Å². The van der Waals surface area contributed by atoms with Crippen LogP contribution in [0.2, 0.25) is 0 Å². The molecule has 190 valence electrons. The van der Waals surface area contributed by atoms with Gasteiger partial charge in [0, 0.05) is 17.5 Å². The summed E-state index contributed by atoms with van der Waals surface area (Å²) >= 11 is 0. The average Bonchev–Trinajstić information content (AvgIpc) is 3.46. The molecule has 1 aliphatic carbocycles. The minimum atomic E-state index is -4.75. The maximum Gasteiger partial charge on any atom is 0.259 e. The molecule has 35 heavy (non-hydrogen) atoms. The molecule has 0 amide bonds. The zero-order valence-electron chi connectivity index (χ0n) is 19.8. The van der Waals surface area contributed by atoms with Gasteiger partial charge in [0.1, 0.15) is 29.7 Å². The monoisotopic (exact) mass is 512 g/mol. The average molecular weight is 513 g/mol. The predicted octanol–water partition coefficient (Wildman–Crippen LogP) is 2.17. The van der Waals surface area contributed by atoms with Gasteiger partial charge in [-0.25, -0.2) is 13.3 Å². The van der Waals surface area contributed by atoms with Gasteiger partial charge in [-0.15, -0.1) is 0 Å². The Morgan fingerprint density at radius 1 is 1.00 bits per heavy atom. The quantitative estimate of drug-likeness (QED) is 0.431. The standard InChI is InChI=1S/C24H27ClF2N2O6/c1-23(2,3)24(4,35-25(30,31)32)14-34-18-10-19(26)22(20(27)11-18)21-9-16-7-8-17(12-29(16)28-21)33-13-15-5-6-15/h7-12,15H,5-6,13-14H2,1-4H3/t24-/m1/s1. The lowest BCUT2D eigenvalue weighted by Crippen LogP contribution is -2.67. The molecule has 0 spiro atoms. The first-order chi connectivity index (χ1) is 16.2. The highest BCUT2D eigenvalue weighted by Crippen LogP contribution is 2.37. The summed E-state index contributed by atoms with van der Waals surface area (Å²) in [6.45, 7) is 6.49. The van der Waals surface area contributed by atoms with Gasteiger partial charge in [-0.2, -0.15) is 19.1 Å². The molecule has 11 heteroatoms. The first kappa shape index (κ1) is 25.6. The molecule has 0 radical (unpaired) electrons. The van der Waals surface area contributed by atoms with E-state index in [1.54, 1.807) is 45.2 Å². The largest absolute Gasteiger partial charge is 0.492 e. The van der Waals surface area contributed by atoms with E-state index in [2.05, 4.69) is 5.10 Å². The van der Waals surface area contributed by atoms with E-state index in [0.29, 0.717) is 23.8 Å². The van der Waals surface area contributed by atoms with Crippen LogP contribution in [0.1, 0.15) is 40.5 Å². The van der Waals surface area contributed by atoms with Crippen LogP contribution >= 0.6 is 0 Å². The maximum absolute atomic E-state index is 15.0. The van der Waals surface area contributed by atoms with Gasteiger partial charge in [-0.05, 0) is 43.9 Å². The number of rotatable bonds is 9. The van der Waals surface area contributed by atoms with Crippen molar-refractivity contribution in [3.05, 3.63) is 48.2 Å². The van der Waals surface area contributed by atoms with E-state index >= 15 is 0 Å². The zero-order chi connectivity index (χ0) is 25.6. The number of hydrogen-bond donors (Lipinski definition) is 0. The lowest BCUT2D eigenvalue weighted by Gasteiger charge is -2.36. The van der Waals surface area contributed by atoms with Crippen molar-refractivity contribution < 1.29 is 46.8 Å². The minimum absolute atomic E-state index is 0.0880. The molecule has 1 aliphatic rings. The molecular weight excluding hydrogens is 486 g/mol. The molecule has 0 aliphatic heterocycles. The molecule has 0 unspecified atom stereocenters. The molecule has 2 heterocycles. The highest BCUT2D eigenvalue weighted by Gasteiger charge is 2.52. The third-order valence-electron chi connectivity index (χ3n) is 6.25. The van der Waals surface area contributed by atoms with Crippen LogP contribution in [0.25, 0.3) is 16.8 Å². The highest BCUT2D eigenvalue weighted by molar-refractivity contribution is 5.68. The van der Waals surface area contributed by atoms with Crippen LogP contribution in [0.3, 0.4) is 0 Å². The van der Waals surface area contributed by atoms with Crippen molar-refractivity contribution >= 4 is 5.52 Å². The lowest BCUT2D eigenvalue weighted by atomic mass is 9.78. The Labute approximate surface area is 203 Å². The first-order valence-corrected chi connectivity index (χ1v) is 12.3. The molecule has 8 nitrogen and oxygen atoms in total. The third-order valence-corrected chi connectivity index (χ3v) is 6.78. The second kappa shape index (κ2) is 9.18. The number of pyridine rings is 1.